The van der Waals surface area contributed by atoms with Crippen molar-refractivity contribution in [1.29, 1.82) is 0 Å². The van der Waals surface area contributed by atoms with Gasteiger partial charge in [0.1, 0.15) is 0 Å². The molecule has 1 atom stereocenters. The Morgan fingerprint density at radius 1 is 1.18 bits per heavy atom. The van der Waals surface area contributed by atoms with Gasteiger partial charge in [-0.2, -0.15) is 0 Å². The first-order valence-corrected chi connectivity index (χ1v) is 7.23. The summed E-state index contributed by atoms with van der Waals surface area (Å²) in [6.07, 6.45) is 2.37. The Balaban J connectivity index is 2.74. The summed E-state index contributed by atoms with van der Waals surface area (Å²) in [6, 6.07) is 9.84. The third-order valence-electron chi connectivity index (χ3n) is 3.44. The highest BCUT2D eigenvalue weighted by Gasteiger charge is 2.19. The molecule has 0 spiro atoms. The lowest BCUT2D eigenvalue weighted by atomic mass is 9.97. The van der Waals surface area contributed by atoms with Gasteiger partial charge in [0.2, 0.25) is 0 Å². The molecule has 22 heavy (non-hydrogen) atoms. The molecule has 0 aromatic heterocycles. The van der Waals surface area contributed by atoms with E-state index in [1.54, 1.807) is 6.92 Å². The third-order valence-corrected chi connectivity index (χ3v) is 3.44. The van der Waals surface area contributed by atoms with Gasteiger partial charge < -0.3 is 4.74 Å². The Bertz CT molecular complexity index is 609. The Morgan fingerprint density at radius 2 is 1.77 bits per heavy atom. The van der Waals surface area contributed by atoms with E-state index in [2.05, 4.69) is 13.2 Å². The van der Waals surface area contributed by atoms with Gasteiger partial charge in [0, 0.05) is 17.1 Å². The normalized spacial score (nSPS) is 12.4. The summed E-state index contributed by atoms with van der Waals surface area (Å²) in [4.78, 5) is 23.5. The van der Waals surface area contributed by atoms with Crippen molar-refractivity contribution in [3.8, 4) is 0 Å². The van der Waals surface area contributed by atoms with E-state index in [0.717, 1.165) is 11.1 Å². The molecule has 0 aliphatic heterocycles. The van der Waals surface area contributed by atoms with Gasteiger partial charge >= 0.3 is 11.9 Å². The number of ether oxygens (including phenoxy) is 1. The topological polar surface area (TPSA) is 43.4 Å². The minimum atomic E-state index is -0.704. The number of carbonyl (C=O) groups is 2. The molecule has 1 aromatic rings. The standard InChI is InChI=1S/C19H22O3/c1-6-13(2)18(20)22-19(21)16(5)14(3)12-15(4)17-10-8-7-9-11-17/h7-12,14H,2,5-6H2,1,3-4H3. The number of allylic oxidation sites excluding steroid dienone is 2. The summed E-state index contributed by atoms with van der Waals surface area (Å²) in [6.45, 7) is 12.9. The Kier molecular flexibility index (Phi) is 6.51. The fourth-order valence-electron chi connectivity index (χ4n) is 1.83. The minimum Gasteiger partial charge on any atom is -0.386 e. The van der Waals surface area contributed by atoms with E-state index in [1.807, 2.05) is 50.3 Å². The van der Waals surface area contributed by atoms with Gasteiger partial charge in [-0.05, 0) is 24.5 Å². The second kappa shape index (κ2) is 8.13. The second-order valence-corrected chi connectivity index (χ2v) is 5.16. The molecule has 116 valence electrons. The van der Waals surface area contributed by atoms with Crippen molar-refractivity contribution in [3.63, 3.8) is 0 Å². The molecule has 0 saturated carbocycles. The van der Waals surface area contributed by atoms with Crippen molar-refractivity contribution in [2.45, 2.75) is 27.2 Å². The summed E-state index contributed by atoms with van der Waals surface area (Å²) in [7, 11) is 0. The van der Waals surface area contributed by atoms with E-state index in [9.17, 15) is 9.59 Å². The molecular formula is C19H22O3. The molecule has 0 fully saturated rings. The van der Waals surface area contributed by atoms with Crippen LogP contribution < -0.4 is 0 Å². The average Bonchev–Trinajstić information content (AvgIpc) is 2.53. The van der Waals surface area contributed by atoms with Crippen LogP contribution in [0.15, 0.2) is 60.7 Å². The lowest BCUT2D eigenvalue weighted by Gasteiger charge is -2.11. The fraction of sp³-hybridized carbons (Fsp3) is 0.263. The number of hydrogen-bond acceptors (Lipinski definition) is 3. The third kappa shape index (κ3) is 4.85. The molecule has 1 aromatic carbocycles. The highest BCUT2D eigenvalue weighted by atomic mass is 16.6. The predicted octanol–water partition coefficient (Wildman–Crippen LogP) is 4.32. The molecular weight excluding hydrogens is 276 g/mol. The van der Waals surface area contributed by atoms with E-state index in [-0.39, 0.29) is 17.1 Å². The largest absolute Gasteiger partial charge is 0.386 e. The van der Waals surface area contributed by atoms with Gasteiger partial charge in [-0.15, -0.1) is 0 Å². The first kappa shape index (κ1) is 17.6. The summed E-state index contributed by atoms with van der Waals surface area (Å²) in [5.74, 6) is -1.62. The van der Waals surface area contributed by atoms with Gasteiger partial charge in [0.15, 0.2) is 0 Å². The maximum Gasteiger partial charge on any atom is 0.341 e. The van der Waals surface area contributed by atoms with Crippen molar-refractivity contribution in [2.24, 2.45) is 5.92 Å². The van der Waals surface area contributed by atoms with Crippen molar-refractivity contribution in [2.75, 3.05) is 0 Å². The van der Waals surface area contributed by atoms with Crippen LogP contribution in [0.4, 0.5) is 0 Å². The van der Waals surface area contributed by atoms with E-state index < -0.39 is 11.9 Å². The van der Waals surface area contributed by atoms with Crippen LogP contribution in [0.5, 0.6) is 0 Å². The molecule has 0 radical (unpaired) electrons. The molecule has 3 nitrogen and oxygen atoms in total. The molecule has 0 aliphatic carbocycles. The quantitative estimate of drug-likeness (QED) is 0.446. The van der Waals surface area contributed by atoms with Crippen molar-refractivity contribution in [1.82, 2.24) is 0 Å². The van der Waals surface area contributed by atoms with Crippen LogP contribution in [0.1, 0.15) is 32.8 Å². The summed E-state index contributed by atoms with van der Waals surface area (Å²) < 4.78 is 4.77. The highest BCUT2D eigenvalue weighted by Crippen LogP contribution is 2.20. The smallest absolute Gasteiger partial charge is 0.341 e. The van der Waals surface area contributed by atoms with Gasteiger partial charge in [0.05, 0.1) is 0 Å². The van der Waals surface area contributed by atoms with Crippen LogP contribution >= 0.6 is 0 Å². The average molecular weight is 298 g/mol. The van der Waals surface area contributed by atoms with Gasteiger partial charge in [-0.3, -0.25) is 0 Å². The number of hydrogen-bond donors (Lipinski definition) is 0. The van der Waals surface area contributed by atoms with Crippen LogP contribution in [0, 0.1) is 5.92 Å². The molecule has 0 heterocycles. The van der Waals surface area contributed by atoms with E-state index in [4.69, 9.17) is 4.74 Å². The summed E-state index contributed by atoms with van der Waals surface area (Å²) in [5.41, 5.74) is 2.62. The van der Waals surface area contributed by atoms with E-state index >= 15 is 0 Å². The number of rotatable bonds is 6. The van der Waals surface area contributed by atoms with Gasteiger partial charge in [-0.1, -0.05) is 63.4 Å². The van der Waals surface area contributed by atoms with Crippen molar-refractivity contribution >= 4 is 17.5 Å². The highest BCUT2D eigenvalue weighted by molar-refractivity contribution is 6.01. The first-order chi connectivity index (χ1) is 10.4. The number of esters is 2. The SMILES string of the molecule is C=C(CC)C(=O)OC(=O)C(=C)C(C)C=C(C)c1ccccc1. The van der Waals surface area contributed by atoms with Crippen LogP contribution in [-0.4, -0.2) is 11.9 Å². The Hall–Kier alpha value is -2.42. The van der Waals surface area contributed by atoms with Gasteiger partial charge in [-0.25, -0.2) is 9.59 Å². The fourth-order valence-corrected chi connectivity index (χ4v) is 1.83. The molecule has 1 rings (SSSR count). The zero-order valence-corrected chi connectivity index (χ0v) is 13.4. The minimum absolute atomic E-state index is 0.226. The van der Waals surface area contributed by atoms with E-state index in [1.165, 1.54) is 0 Å². The summed E-state index contributed by atoms with van der Waals surface area (Å²) >= 11 is 0. The van der Waals surface area contributed by atoms with E-state index in [0.29, 0.717) is 6.42 Å². The second-order valence-electron chi connectivity index (χ2n) is 5.16. The van der Waals surface area contributed by atoms with Crippen LogP contribution in [0.3, 0.4) is 0 Å². The molecule has 0 aliphatic rings. The monoisotopic (exact) mass is 298 g/mol. The molecule has 3 heteroatoms. The van der Waals surface area contributed by atoms with Crippen LogP contribution in [0.2, 0.25) is 0 Å². The van der Waals surface area contributed by atoms with Gasteiger partial charge in [0.25, 0.3) is 0 Å². The first-order valence-electron chi connectivity index (χ1n) is 7.23. The number of carbonyl (C=O) groups excluding carboxylic acids is 2. The van der Waals surface area contributed by atoms with Crippen molar-refractivity contribution in [3.05, 3.63) is 66.3 Å². The van der Waals surface area contributed by atoms with Crippen molar-refractivity contribution < 1.29 is 14.3 Å². The lowest BCUT2D eigenvalue weighted by molar-refractivity contribution is -0.154. The maximum absolute atomic E-state index is 11.9. The molecule has 0 amide bonds. The zero-order chi connectivity index (χ0) is 16.7. The molecule has 0 N–H and O–H groups in total. The lowest BCUT2D eigenvalue weighted by Crippen LogP contribution is -2.17. The molecule has 0 saturated heterocycles. The molecule has 1 unspecified atom stereocenters. The maximum atomic E-state index is 11.9. The number of benzene rings is 1. The van der Waals surface area contributed by atoms with Crippen LogP contribution in [-0.2, 0) is 14.3 Å². The zero-order valence-electron chi connectivity index (χ0n) is 13.4. The summed E-state index contributed by atoms with van der Waals surface area (Å²) in [5, 5.41) is 0. The molecule has 0 bridgehead atoms. The Morgan fingerprint density at radius 3 is 2.32 bits per heavy atom. The van der Waals surface area contributed by atoms with Crippen LogP contribution in [0.25, 0.3) is 5.57 Å². The predicted molar refractivity (Wildman–Crippen MR) is 88.9 cm³/mol. The Labute approximate surface area is 132 Å².